The van der Waals surface area contributed by atoms with Gasteiger partial charge in [-0.1, -0.05) is 24.3 Å². The minimum Gasteiger partial charge on any atom is -0.481 e. The van der Waals surface area contributed by atoms with Crippen LogP contribution in [0.5, 0.6) is 11.6 Å². The van der Waals surface area contributed by atoms with Gasteiger partial charge in [0.15, 0.2) is 0 Å². The Bertz CT molecular complexity index is 616. The first-order valence-electron chi connectivity index (χ1n) is 5.94. The zero-order valence-electron chi connectivity index (χ0n) is 11.0. The van der Waals surface area contributed by atoms with E-state index in [1.54, 1.807) is 12.1 Å². The second-order valence-corrected chi connectivity index (χ2v) is 4.09. The van der Waals surface area contributed by atoms with Crippen LogP contribution >= 0.6 is 0 Å². The first-order chi connectivity index (χ1) is 9.90. The summed E-state index contributed by atoms with van der Waals surface area (Å²) in [5.74, 6) is -0.220. The molecule has 1 unspecified atom stereocenters. The van der Waals surface area contributed by atoms with Crippen LogP contribution in [0, 0.1) is 0 Å². The molecule has 4 nitrogen and oxygen atoms in total. The molecule has 1 heterocycles. The Kier molecular flexibility index (Phi) is 4.32. The van der Waals surface area contributed by atoms with E-state index in [0.717, 1.165) is 6.07 Å². The molecule has 0 spiro atoms. The van der Waals surface area contributed by atoms with Crippen LogP contribution in [-0.4, -0.2) is 23.6 Å². The number of nitrogens with zero attached hydrogens (tertiary/aromatic N) is 1. The monoisotopic (exact) mass is 299 g/mol. The molecule has 0 radical (unpaired) electrons. The Hall–Kier alpha value is -2.28. The number of pyridine rings is 1. The lowest BCUT2D eigenvalue weighted by molar-refractivity contribution is -0.275. The molecule has 0 saturated heterocycles. The lowest BCUT2D eigenvalue weighted by Crippen LogP contribution is -2.19. The van der Waals surface area contributed by atoms with E-state index < -0.39 is 18.2 Å². The van der Waals surface area contributed by atoms with Crippen molar-refractivity contribution in [3.8, 4) is 11.6 Å². The smallest absolute Gasteiger partial charge is 0.481 e. The summed E-state index contributed by atoms with van der Waals surface area (Å²) in [5.41, 5.74) is 0.128. The number of para-hydroxylation sites is 1. The SMILES string of the molecule is COc1cccc(C(O)c2ccccc2OC(F)(F)F)n1. The standard InChI is InChI=1S/C14H12F3NO3/c1-20-12-8-4-6-10(18-12)13(19)9-5-2-3-7-11(9)21-14(15,16)17/h2-8,13,19H,1H3. The summed E-state index contributed by atoms with van der Waals surface area (Å²) in [5, 5.41) is 10.2. The van der Waals surface area contributed by atoms with Gasteiger partial charge in [-0.2, -0.15) is 0 Å². The van der Waals surface area contributed by atoms with Crippen LogP contribution < -0.4 is 9.47 Å². The van der Waals surface area contributed by atoms with Crippen LogP contribution in [0.1, 0.15) is 17.4 Å². The third-order valence-corrected chi connectivity index (χ3v) is 2.67. The lowest BCUT2D eigenvalue weighted by Gasteiger charge is -2.17. The Morgan fingerprint density at radius 2 is 1.81 bits per heavy atom. The van der Waals surface area contributed by atoms with Crippen LogP contribution in [0.15, 0.2) is 42.5 Å². The van der Waals surface area contributed by atoms with Gasteiger partial charge in [-0.15, -0.1) is 13.2 Å². The van der Waals surface area contributed by atoms with Crippen LogP contribution in [0.25, 0.3) is 0 Å². The molecule has 1 atom stereocenters. The summed E-state index contributed by atoms with van der Waals surface area (Å²) in [6, 6.07) is 9.99. The Labute approximate surface area is 118 Å². The number of alkyl halides is 3. The summed E-state index contributed by atoms with van der Waals surface area (Å²) in [7, 11) is 1.40. The number of methoxy groups -OCH3 is 1. The van der Waals surface area contributed by atoms with E-state index in [0.29, 0.717) is 0 Å². The zero-order chi connectivity index (χ0) is 15.5. The third kappa shape index (κ3) is 3.85. The maximum atomic E-state index is 12.4. The van der Waals surface area contributed by atoms with E-state index in [1.165, 1.54) is 31.4 Å². The van der Waals surface area contributed by atoms with Crippen LogP contribution in [0.2, 0.25) is 0 Å². The van der Waals surface area contributed by atoms with Gasteiger partial charge in [0.05, 0.1) is 12.8 Å². The van der Waals surface area contributed by atoms with Gasteiger partial charge in [0, 0.05) is 11.6 Å². The van der Waals surface area contributed by atoms with Crippen molar-refractivity contribution in [3.63, 3.8) is 0 Å². The molecule has 21 heavy (non-hydrogen) atoms. The average molecular weight is 299 g/mol. The summed E-state index contributed by atoms with van der Waals surface area (Å²) >= 11 is 0. The largest absolute Gasteiger partial charge is 0.573 e. The van der Waals surface area contributed by atoms with Crippen molar-refractivity contribution in [2.75, 3.05) is 7.11 Å². The van der Waals surface area contributed by atoms with Crippen molar-refractivity contribution in [2.45, 2.75) is 12.5 Å². The number of hydrogen-bond donors (Lipinski definition) is 1. The van der Waals surface area contributed by atoms with Gasteiger partial charge in [0.2, 0.25) is 5.88 Å². The molecule has 0 aliphatic rings. The van der Waals surface area contributed by atoms with E-state index in [9.17, 15) is 18.3 Å². The quantitative estimate of drug-likeness (QED) is 0.942. The topological polar surface area (TPSA) is 51.6 Å². The van der Waals surface area contributed by atoms with Crippen LogP contribution in [0.3, 0.4) is 0 Å². The van der Waals surface area contributed by atoms with Gasteiger partial charge in [-0.25, -0.2) is 4.98 Å². The highest BCUT2D eigenvalue weighted by atomic mass is 19.4. The molecule has 1 aromatic carbocycles. The molecule has 0 bridgehead atoms. The van der Waals surface area contributed by atoms with Crippen molar-refractivity contribution < 1.29 is 27.8 Å². The molecular weight excluding hydrogens is 287 g/mol. The first-order valence-corrected chi connectivity index (χ1v) is 5.94. The van der Waals surface area contributed by atoms with Crippen LogP contribution in [-0.2, 0) is 0 Å². The van der Waals surface area contributed by atoms with E-state index in [4.69, 9.17) is 4.74 Å². The fourth-order valence-electron chi connectivity index (χ4n) is 1.78. The summed E-state index contributed by atoms with van der Waals surface area (Å²) < 4.78 is 45.9. The third-order valence-electron chi connectivity index (χ3n) is 2.67. The Morgan fingerprint density at radius 1 is 1.10 bits per heavy atom. The van der Waals surface area contributed by atoms with Gasteiger partial charge in [0.1, 0.15) is 11.9 Å². The highest BCUT2D eigenvalue weighted by Gasteiger charge is 2.33. The molecular formula is C14H12F3NO3. The minimum atomic E-state index is -4.84. The van der Waals surface area contributed by atoms with Crippen molar-refractivity contribution >= 4 is 0 Å². The predicted molar refractivity (Wildman–Crippen MR) is 68.0 cm³/mol. The van der Waals surface area contributed by atoms with E-state index >= 15 is 0 Å². The second kappa shape index (κ2) is 6.01. The molecule has 0 aliphatic heterocycles. The molecule has 0 aliphatic carbocycles. The van der Waals surface area contributed by atoms with Gasteiger partial charge < -0.3 is 14.6 Å². The van der Waals surface area contributed by atoms with Crippen molar-refractivity contribution in [1.82, 2.24) is 4.98 Å². The predicted octanol–water partition coefficient (Wildman–Crippen LogP) is 3.07. The van der Waals surface area contributed by atoms with Crippen molar-refractivity contribution in [1.29, 1.82) is 0 Å². The Morgan fingerprint density at radius 3 is 2.48 bits per heavy atom. The number of ether oxygens (including phenoxy) is 2. The highest BCUT2D eigenvalue weighted by Crippen LogP contribution is 2.33. The number of aliphatic hydroxyl groups is 1. The molecule has 0 amide bonds. The number of hydrogen-bond acceptors (Lipinski definition) is 4. The normalized spacial score (nSPS) is 12.8. The van der Waals surface area contributed by atoms with Crippen LogP contribution in [0.4, 0.5) is 13.2 Å². The van der Waals surface area contributed by atoms with Gasteiger partial charge in [0.25, 0.3) is 0 Å². The van der Waals surface area contributed by atoms with E-state index in [1.807, 2.05) is 0 Å². The summed E-state index contributed by atoms with van der Waals surface area (Å²) in [6.45, 7) is 0. The number of rotatable bonds is 4. The van der Waals surface area contributed by atoms with E-state index in [2.05, 4.69) is 9.72 Å². The first kappa shape index (κ1) is 15.1. The summed E-state index contributed by atoms with van der Waals surface area (Å²) in [6.07, 6.45) is -6.20. The lowest BCUT2D eigenvalue weighted by atomic mass is 10.0. The molecule has 0 saturated carbocycles. The molecule has 0 fully saturated rings. The van der Waals surface area contributed by atoms with Gasteiger partial charge >= 0.3 is 6.36 Å². The average Bonchev–Trinajstić information content (AvgIpc) is 2.45. The fraction of sp³-hybridized carbons (Fsp3) is 0.214. The number of benzene rings is 1. The molecule has 1 aromatic heterocycles. The molecule has 7 heteroatoms. The van der Waals surface area contributed by atoms with Gasteiger partial charge in [-0.05, 0) is 12.1 Å². The number of halogens is 3. The van der Waals surface area contributed by atoms with Crippen molar-refractivity contribution in [2.24, 2.45) is 0 Å². The number of aromatic nitrogens is 1. The maximum Gasteiger partial charge on any atom is 0.573 e. The van der Waals surface area contributed by atoms with E-state index in [-0.39, 0.29) is 17.1 Å². The Balaban J connectivity index is 2.36. The highest BCUT2D eigenvalue weighted by molar-refractivity contribution is 5.39. The molecule has 2 aromatic rings. The minimum absolute atomic E-state index is 0.0319. The molecule has 1 N–H and O–H groups in total. The summed E-state index contributed by atoms with van der Waals surface area (Å²) in [4.78, 5) is 4.00. The number of aliphatic hydroxyl groups excluding tert-OH is 1. The second-order valence-electron chi connectivity index (χ2n) is 4.09. The zero-order valence-corrected chi connectivity index (χ0v) is 11.0. The maximum absolute atomic E-state index is 12.4. The molecule has 112 valence electrons. The van der Waals surface area contributed by atoms with Crippen molar-refractivity contribution in [3.05, 3.63) is 53.7 Å². The molecule has 2 rings (SSSR count). The fourth-order valence-corrected chi connectivity index (χ4v) is 1.78. The van der Waals surface area contributed by atoms with Gasteiger partial charge in [-0.3, -0.25) is 0 Å².